The lowest BCUT2D eigenvalue weighted by Gasteiger charge is -2.14. The number of rotatable bonds is 9. The van der Waals surface area contributed by atoms with Gasteiger partial charge < -0.3 is 15.4 Å². The molecule has 0 aliphatic rings. The molecule has 0 unspecified atom stereocenters. The maximum Gasteiger partial charge on any atom is 0.191 e. The predicted molar refractivity (Wildman–Crippen MR) is 93.3 cm³/mol. The number of benzene rings is 1. The summed E-state index contributed by atoms with van der Waals surface area (Å²) >= 11 is 1.85. The van der Waals surface area contributed by atoms with Crippen molar-refractivity contribution >= 4 is 17.7 Å². The Balaban J connectivity index is 2.39. The standard InChI is InChI=1S/C16H25N3OS/c1-4-11-21-12-10-18-16(17-3)19-13-14-8-6-7-9-15(14)20-5-2/h4,6-9H,1,5,10-13H2,2-3H3,(H2,17,18,19). The molecule has 2 N–H and O–H groups in total. The first-order chi connectivity index (χ1) is 10.3. The molecule has 1 rings (SSSR count). The summed E-state index contributed by atoms with van der Waals surface area (Å²) in [7, 11) is 1.78. The van der Waals surface area contributed by atoms with Gasteiger partial charge in [-0.1, -0.05) is 24.3 Å². The van der Waals surface area contributed by atoms with Gasteiger partial charge >= 0.3 is 0 Å². The van der Waals surface area contributed by atoms with Crippen molar-refractivity contribution < 1.29 is 4.74 Å². The fourth-order valence-electron chi connectivity index (χ4n) is 1.75. The molecule has 116 valence electrons. The fraction of sp³-hybridized carbons (Fsp3) is 0.438. The second-order valence-electron chi connectivity index (χ2n) is 4.26. The number of guanidine groups is 1. The molecule has 1 aromatic rings. The number of aliphatic imine (C=N–C) groups is 1. The summed E-state index contributed by atoms with van der Waals surface area (Å²) in [6.07, 6.45) is 1.92. The molecule has 21 heavy (non-hydrogen) atoms. The van der Waals surface area contributed by atoms with E-state index in [-0.39, 0.29) is 0 Å². The van der Waals surface area contributed by atoms with Gasteiger partial charge in [0.25, 0.3) is 0 Å². The summed E-state index contributed by atoms with van der Waals surface area (Å²) in [4.78, 5) is 4.22. The molecule has 0 spiro atoms. The Hall–Kier alpha value is -1.62. The molecule has 0 amide bonds. The third kappa shape index (κ3) is 7.09. The second-order valence-corrected chi connectivity index (χ2v) is 5.41. The van der Waals surface area contributed by atoms with Crippen LogP contribution in [0.15, 0.2) is 41.9 Å². The van der Waals surface area contributed by atoms with E-state index in [4.69, 9.17) is 4.74 Å². The van der Waals surface area contributed by atoms with E-state index >= 15 is 0 Å². The Labute approximate surface area is 132 Å². The lowest BCUT2D eigenvalue weighted by atomic mass is 10.2. The van der Waals surface area contributed by atoms with Gasteiger partial charge in [0, 0.05) is 37.2 Å². The van der Waals surface area contributed by atoms with E-state index in [1.165, 1.54) is 0 Å². The highest BCUT2D eigenvalue weighted by Crippen LogP contribution is 2.17. The number of nitrogens with one attached hydrogen (secondary N) is 2. The van der Waals surface area contributed by atoms with Gasteiger partial charge in [-0.3, -0.25) is 4.99 Å². The van der Waals surface area contributed by atoms with Crippen LogP contribution in [-0.2, 0) is 6.54 Å². The molecular weight excluding hydrogens is 282 g/mol. The molecule has 0 aromatic heterocycles. The van der Waals surface area contributed by atoms with Gasteiger partial charge in [-0.25, -0.2) is 0 Å². The molecule has 0 aliphatic heterocycles. The van der Waals surface area contributed by atoms with E-state index in [1.54, 1.807) is 7.05 Å². The molecule has 0 saturated heterocycles. The van der Waals surface area contributed by atoms with E-state index in [0.717, 1.165) is 35.3 Å². The van der Waals surface area contributed by atoms with Gasteiger partial charge in [-0.05, 0) is 13.0 Å². The van der Waals surface area contributed by atoms with Crippen LogP contribution in [0.3, 0.4) is 0 Å². The van der Waals surface area contributed by atoms with E-state index in [0.29, 0.717) is 13.2 Å². The highest BCUT2D eigenvalue weighted by atomic mass is 32.2. The fourth-order valence-corrected chi connectivity index (χ4v) is 2.33. The Morgan fingerprint density at radius 2 is 2.19 bits per heavy atom. The van der Waals surface area contributed by atoms with Crippen LogP contribution in [0.25, 0.3) is 0 Å². The Morgan fingerprint density at radius 3 is 2.90 bits per heavy atom. The average Bonchev–Trinajstić information content (AvgIpc) is 2.51. The summed E-state index contributed by atoms with van der Waals surface area (Å²) in [5.74, 6) is 3.74. The monoisotopic (exact) mass is 307 g/mol. The molecule has 0 saturated carbocycles. The van der Waals surface area contributed by atoms with Crippen LogP contribution in [0.2, 0.25) is 0 Å². The highest BCUT2D eigenvalue weighted by molar-refractivity contribution is 7.99. The van der Waals surface area contributed by atoms with Crippen molar-refractivity contribution in [2.75, 3.05) is 31.7 Å². The number of hydrogen-bond acceptors (Lipinski definition) is 3. The maximum atomic E-state index is 5.62. The quantitative estimate of drug-likeness (QED) is 0.319. The molecule has 1 aromatic carbocycles. The SMILES string of the molecule is C=CCSCCNC(=NC)NCc1ccccc1OCC. The third-order valence-electron chi connectivity index (χ3n) is 2.72. The average molecular weight is 307 g/mol. The van der Waals surface area contributed by atoms with Gasteiger partial charge in [0.15, 0.2) is 5.96 Å². The summed E-state index contributed by atoms with van der Waals surface area (Å²) < 4.78 is 5.62. The van der Waals surface area contributed by atoms with Crippen molar-refractivity contribution in [3.63, 3.8) is 0 Å². The van der Waals surface area contributed by atoms with Crippen molar-refractivity contribution in [3.05, 3.63) is 42.5 Å². The van der Waals surface area contributed by atoms with Crippen molar-refractivity contribution in [2.24, 2.45) is 4.99 Å². The van der Waals surface area contributed by atoms with Gasteiger partial charge in [0.2, 0.25) is 0 Å². The number of nitrogens with zero attached hydrogens (tertiary/aromatic N) is 1. The van der Waals surface area contributed by atoms with Crippen LogP contribution < -0.4 is 15.4 Å². The van der Waals surface area contributed by atoms with Crippen LogP contribution in [-0.4, -0.2) is 37.7 Å². The highest BCUT2D eigenvalue weighted by Gasteiger charge is 2.03. The zero-order valence-corrected chi connectivity index (χ0v) is 13.7. The summed E-state index contributed by atoms with van der Waals surface area (Å²) in [6, 6.07) is 8.05. The molecule has 0 atom stereocenters. The van der Waals surface area contributed by atoms with Gasteiger partial charge in [0.1, 0.15) is 5.75 Å². The normalized spacial score (nSPS) is 11.0. The van der Waals surface area contributed by atoms with Crippen molar-refractivity contribution in [3.8, 4) is 5.75 Å². The van der Waals surface area contributed by atoms with Crippen LogP contribution >= 0.6 is 11.8 Å². The largest absolute Gasteiger partial charge is 0.494 e. The first-order valence-electron chi connectivity index (χ1n) is 7.15. The molecule has 0 fully saturated rings. The lowest BCUT2D eigenvalue weighted by molar-refractivity contribution is 0.336. The van der Waals surface area contributed by atoms with Crippen molar-refractivity contribution in [1.29, 1.82) is 0 Å². The van der Waals surface area contributed by atoms with Gasteiger partial charge in [0.05, 0.1) is 6.61 Å². The van der Waals surface area contributed by atoms with Crippen molar-refractivity contribution in [1.82, 2.24) is 10.6 Å². The zero-order chi connectivity index (χ0) is 15.3. The maximum absolute atomic E-state index is 5.62. The number of thioether (sulfide) groups is 1. The smallest absolute Gasteiger partial charge is 0.191 e. The minimum absolute atomic E-state index is 0.671. The lowest BCUT2D eigenvalue weighted by Crippen LogP contribution is -2.38. The van der Waals surface area contributed by atoms with Crippen LogP contribution in [0.5, 0.6) is 5.75 Å². The Bertz CT molecular complexity index is 449. The molecule has 5 heteroatoms. The van der Waals surface area contributed by atoms with Crippen LogP contribution in [0, 0.1) is 0 Å². The number of hydrogen-bond donors (Lipinski definition) is 2. The van der Waals surface area contributed by atoms with Crippen molar-refractivity contribution in [2.45, 2.75) is 13.5 Å². The van der Waals surface area contributed by atoms with E-state index < -0.39 is 0 Å². The molecule has 0 radical (unpaired) electrons. The van der Waals surface area contributed by atoms with E-state index in [9.17, 15) is 0 Å². The first-order valence-corrected chi connectivity index (χ1v) is 8.31. The van der Waals surface area contributed by atoms with Crippen LogP contribution in [0.4, 0.5) is 0 Å². The van der Waals surface area contributed by atoms with Gasteiger partial charge in [-0.15, -0.1) is 6.58 Å². The molecule has 0 heterocycles. The second kappa shape index (κ2) is 11.1. The van der Waals surface area contributed by atoms with Gasteiger partial charge in [-0.2, -0.15) is 11.8 Å². The molecule has 4 nitrogen and oxygen atoms in total. The Morgan fingerprint density at radius 1 is 1.38 bits per heavy atom. The first kappa shape index (κ1) is 17.4. The topological polar surface area (TPSA) is 45.7 Å². The number of para-hydroxylation sites is 1. The third-order valence-corrected chi connectivity index (χ3v) is 3.68. The van der Waals surface area contributed by atoms with E-state index in [1.807, 2.05) is 43.0 Å². The minimum atomic E-state index is 0.671. The number of ether oxygens (including phenoxy) is 1. The van der Waals surface area contributed by atoms with Crippen LogP contribution in [0.1, 0.15) is 12.5 Å². The Kier molecular flexibility index (Phi) is 9.20. The summed E-state index contributed by atoms with van der Waals surface area (Å²) in [5, 5.41) is 6.60. The van der Waals surface area contributed by atoms with E-state index in [2.05, 4.69) is 28.3 Å². The minimum Gasteiger partial charge on any atom is -0.494 e. The predicted octanol–water partition coefficient (Wildman–Crippen LogP) is 2.67. The summed E-state index contributed by atoms with van der Waals surface area (Å²) in [6.45, 7) is 7.94. The molecule has 0 bridgehead atoms. The molecular formula is C16H25N3OS. The summed E-state index contributed by atoms with van der Waals surface area (Å²) in [5.41, 5.74) is 1.13. The zero-order valence-electron chi connectivity index (χ0n) is 12.9. The molecule has 0 aliphatic carbocycles.